The Labute approximate surface area is 197 Å². The maximum atomic E-state index is 12.4. The second-order valence-corrected chi connectivity index (χ2v) is 8.45. The molecule has 6 nitrogen and oxygen atoms in total. The second-order valence-electron chi connectivity index (χ2n) is 7.51. The van der Waals surface area contributed by atoms with Crippen LogP contribution in [0.4, 0.5) is 0 Å². The highest BCUT2D eigenvalue weighted by atomic mass is 32.2. The van der Waals surface area contributed by atoms with Gasteiger partial charge >= 0.3 is 0 Å². The molecule has 0 fully saturated rings. The lowest BCUT2D eigenvalue weighted by molar-refractivity contribution is -0.118. The molecule has 1 aromatic heterocycles. The molecule has 168 valence electrons. The third-order valence-corrected chi connectivity index (χ3v) is 6.00. The Morgan fingerprint density at radius 1 is 1.09 bits per heavy atom. The molecule has 4 aromatic rings. The molecule has 0 aliphatic heterocycles. The number of amides is 1. The lowest BCUT2D eigenvalue weighted by atomic mass is 10.1. The molecule has 4 rings (SSSR count). The van der Waals surface area contributed by atoms with Gasteiger partial charge in [-0.15, -0.1) is 0 Å². The van der Waals surface area contributed by atoms with Crippen molar-refractivity contribution in [2.24, 2.45) is 5.10 Å². The molecule has 7 heteroatoms. The average Bonchev–Trinajstić information content (AvgIpc) is 3.18. The Bertz CT molecular complexity index is 1270. The monoisotopic (exact) mass is 458 g/mol. The third-order valence-electron chi connectivity index (χ3n) is 5.02. The van der Waals surface area contributed by atoms with Crippen molar-refractivity contribution in [2.75, 3.05) is 12.4 Å². The maximum absolute atomic E-state index is 12.4. The van der Waals surface area contributed by atoms with Gasteiger partial charge in [-0.25, -0.2) is 10.4 Å². The molecule has 0 aliphatic carbocycles. The van der Waals surface area contributed by atoms with Crippen LogP contribution in [0.25, 0.3) is 11.0 Å². The standard InChI is InChI=1S/C26H26N4O2S/c1-3-32-24-11-7-4-8-21(24)16-27-29-25(31)18-33-26-28-22-9-5-6-10-23(22)30(26)17-20-14-12-19(2)13-15-20/h4-16H,3,17-18H2,1-2H3,(H,29,31)/b27-16-. The zero-order chi connectivity index (χ0) is 23.0. The van der Waals surface area contributed by atoms with Gasteiger partial charge in [-0.05, 0) is 43.7 Å². The number of imidazole rings is 1. The molecule has 0 spiro atoms. The Kier molecular flexibility index (Phi) is 7.42. The van der Waals surface area contributed by atoms with E-state index in [4.69, 9.17) is 9.72 Å². The maximum Gasteiger partial charge on any atom is 0.250 e. The quantitative estimate of drug-likeness (QED) is 0.217. The van der Waals surface area contributed by atoms with E-state index in [1.807, 2.05) is 49.4 Å². The van der Waals surface area contributed by atoms with Gasteiger partial charge in [0.2, 0.25) is 0 Å². The zero-order valence-electron chi connectivity index (χ0n) is 18.7. The fraction of sp³-hybridized carbons (Fsp3) is 0.192. The molecule has 0 saturated carbocycles. The number of thioether (sulfide) groups is 1. The second kappa shape index (κ2) is 10.8. The number of nitrogens with zero attached hydrogens (tertiary/aromatic N) is 3. The van der Waals surface area contributed by atoms with Crippen LogP contribution in [0.3, 0.4) is 0 Å². The molecule has 3 aromatic carbocycles. The summed E-state index contributed by atoms with van der Waals surface area (Å²) < 4.78 is 7.73. The lowest BCUT2D eigenvalue weighted by Crippen LogP contribution is -2.20. The summed E-state index contributed by atoms with van der Waals surface area (Å²) in [6.45, 7) is 5.27. The summed E-state index contributed by atoms with van der Waals surface area (Å²) >= 11 is 1.40. The van der Waals surface area contributed by atoms with Gasteiger partial charge in [0, 0.05) is 5.56 Å². The van der Waals surface area contributed by atoms with Gasteiger partial charge in [-0.2, -0.15) is 5.10 Å². The van der Waals surface area contributed by atoms with E-state index >= 15 is 0 Å². The molecule has 33 heavy (non-hydrogen) atoms. The minimum absolute atomic E-state index is 0.195. The van der Waals surface area contributed by atoms with E-state index in [9.17, 15) is 4.79 Å². The molecule has 0 atom stereocenters. The van der Waals surface area contributed by atoms with E-state index in [0.717, 1.165) is 27.5 Å². The van der Waals surface area contributed by atoms with E-state index < -0.39 is 0 Å². The molecule has 1 heterocycles. The predicted molar refractivity (Wildman–Crippen MR) is 134 cm³/mol. The number of carbonyl (C=O) groups is 1. The van der Waals surface area contributed by atoms with Crippen LogP contribution in [-0.2, 0) is 11.3 Å². The minimum Gasteiger partial charge on any atom is -0.493 e. The van der Waals surface area contributed by atoms with E-state index in [-0.39, 0.29) is 11.7 Å². The number of hydrogen-bond acceptors (Lipinski definition) is 5. The van der Waals surface area contributed by atoms with Crippen molar-refractivity contribution in [3.8, 4) is 5.75 Å². The number of carbonyl (C=O) groups excluding carboxylic acids is 1. The van der Waals surface area contributed by atoms with Crippen LogP contribution in [0.15, 0.2) is 83.1 Å². The van der Waals surface area contributed by atoms with Gasteiger partial charge in [0.15, 0.2) is 5.16 Å². The fourth-order valence-corrected chi connectivity index (χ4v) is 4.21. The molecule has 0 saturated heterocycles. The highest BCUT2D eigenvalue weighted by Crippen LogP contribution is 2.25. The van der Waals surface area contributed by atoms with Gasteiger partial charge in [-0.3, -0.25) is 4.79 Å². The highest BCUT2D eigenvalue weighted by molar-refractivity contribution is 7.99. The van der Waals surface area contributed by atoms with Crippen molar-refractivity contribution in [3.63, 3.8) is 0 Å². The van der Waals surface area contributed by atoms with Crippen LogP contribution >= 0.6 is 11.8 Å². The molecule has 0 unspecified atom stereocenters. The number of fused-ring (bicyclic) bond motifs is 1. The first-order valence-corrected chi connectivity index (χ1v) is 11.8. The van der Waals surface area contributed by atoms with E-state index in [1.54, 1.807) is 6.21 Å². The summed E-state index contributed by atoms with van der Waals surface area (Å²) in [4.78, 5) is 17.2. The Balaban J connectivity index is 1.43. The molecule has 1 amide bonds. The Morgan fingerprint density at radius 2 is 1.85 bits per heavy atom. The molecule has 0 aliphatic rings. The number of aromatic nitrogens is 2. The summed E-state index contributed by atoms with van der Waals surface area (Å²) in [6.07, 6.45) is 1.60. The molecule has 1 N–H and O–H groups in total. The van der Waals surface area contributed by atoms with Crippen molar-refractivity contribution in [1.29, 1.82) is 0 Å². The number of ether oxygens (including phenoxy) is 1. The average molecular weight is 459 g/mol. The van der Waals surface area contributed by atoms with Crippen LogP contribution in [0.2, 0.25) is 0 Å². The van der Waals surface area contributed by atoms with Crippen LogP contribution < -0.4 is 10.2 Å². The number of aryl methyl sites for hydroxylation is 1. The third kappa shape index (κ3) is 5.81. The molecule has 0 bridgehead atoms. The molecular weight excluding hydrogens is 432 g/mol. The lowest BCUT2D eigenvalue weighted by Gasteiger charge is -2.09. The number of para-hydroxylation sites is 3. The number of nitrogens with one attached hydrogen (secondary N) is 1. The van der Waals surface area contributed by atoms with Crippen LogP contribution in [0.1, 0.15) is 23.6 Å². The summed E-state index contributed by atoms with van der Waals surface area (Å²) in [6, 6.07) is 24.1. The van der Waals surface area contributed by atoms with Crippen LogP contribution in [0, 0.1) is 6.92 Å². The number of benzene rings is 3. The largest absolute Gasteiger partial charge is 0.493 e. The normalized spacial score (nSPS) is 11.2. The summed E-state index contributed by atoms with van der Waals surface area (Å²) in [5, 5.41) is 4.90. The first-order valence-electron chi connectivity index (χ1n) is 10.8. The topological polar surface area (TPSA) is 68.5 Å². The van der Waals surface area contributed by atoms with Crippen molar-refractivity contribution in [2.45, 2.75) is 25.5 Å². The first kappa shape index (κ1) is 22.6. The Morgan fingerprint density at radius 3 is 2.67 bits per heavy atom. The fourth-order valence-electron chi connectivity index (χ4n) is 3.40. The van der Waals surface area contributed by atoms with Gasteiger partial charge in [-0.1, -0.05) is 65.9 Å². The van der Waals surface area contributed by atoms with Crippen LogP contribution in [0.5, 0.6) is 5.75 Å². The summed E-state index contributed by atoms with van der Waals surface area (Å²) in [5.74, 6) is 0.748. The zero-order valence-corrected chi connectivity index (χ0v) is 19.5. The SMILES string of the molecule is CCOc1ccccc1/C=N\NC(=O)CSc1nc2ccccc2n1Cc1ccc(C)cc1. The van der Waals surface area contributed by atoms with Gasteiger partial charge in [0.25, 0.3) is 5.91 Å². The van der Waals surface area contributed by atoms with Gasteiger partial charge in [0.05, 0.1) is 36.2 Å². The van der Waals surface area contributed by atoms with Crippen molar-refractivity contribution >= 4 is 34.9 Å². The predicted octanol–water partition coefficient (Wildman–Crippen LogP) is 5.03. The van der Waals surface area contributed by atoms with Crippen molar-refractivity contribution in [1.82, 2.24) is 15.0 Å². The number of rotatable bonds is 9. The summed E-state index contributed by atoms with van der Waals surface area (Å²) in [5.41, 5.74) is 7.79. The van der Waals surface area contributed by atoms with Crippen molar-refractivity contribution < 1.29 is 9.53 Å². The van der Waals surface area contributed by atoms with Gasteiger partial charge in [0.1, 0.15) is 5.75 Å². The van der Waals surface area contributed by atoms with E-state index in [2.05, 4.69) is 52.3 Å². The van der Waals surface area contributed by atoms with Crippen molar-refractivity contribution in [3.05, 3.63) is 89.5 Å². The smallest absolute Gasteiger partial charge is 0.250 e. The van der Waals surface area contributed by atoms with Gasteiger partial charge < -0.3 is 9.30 Å². The Hall–Kier alpha value is -3.58. The van der Waals surface area contributed by atoms with E-state index in [0.29, 0.717) is 13.2 Å². The van der Waals surface area contributed by atoms with Crippen LogP contribution in [-0.4, -0.2) is 34.0 Å². The highest BCUT2D eigenvalue weighted by Gasteiger charge is 2.13. The molecule has 0 radical (unpaired) electrons. The number of hydrazone groups is 1. The molecular formula is C26H26N4O2S. The summed E-state index contributed by atoms with van der Waals surface area (Å²) in [7, 11) is 0. The number of hydrogen-bond donors (Lipinski definition) is 1. The van der Waals surface area contributed by atoms with E-state index in [1.165, 1.54) is 22.9 Å². The first-order chi connectivity index (χ1) is 16.1. The minimum atomic E-state index is -0.195.